The third-order valence-electron chi connectivity index (χ3n) is 1.80. The van der Waals surface area contributed by atoms with Crippen LogP contribution in [-0.4, -0.2) is 11.7 Å². The summed E-state index contributed by atoms with van der Waals surface area (Å²) in [5, 5.41) is 18.0. The van der Waals surface area contributed by atoms with Gasteiger partial charge in [0.1, 0.15) is 5.75 Å². The van der Waals surface area contributed by atoms with Gasteiger partial charge in [0, 0.05) is 5.56 Å². The first-order valence-corrected chi connectivity index (χ1v) is 4.59. The van der Waals surface area contributed by atoms with Gasteiger partial charge in [-0.3, -0.25) is 0 Å². The molecule has 1 atom stereocenters. The summed E-state index contributed by atoms with van der Waals surface area (Å²) in [4.78, 5) is 0. The number of hydrogen-bond acceptors (Lipinski definition) is 3. The summed E-state index contributed by atoms with van der Waals surface area (Å²) in [5.74, 6) is 0.586. The van der Waals surface area contributed by atoms with Gasteiger partial charge in [0.25, 0.3) is 0 Å². The lowest BCUT2D eigenvalue weighted by atomic mass is 10.1. The van der Waals surface area contributed by atoms with Gasteiger partial charge >= 0.3 is 0 Å². The van der Waals surface area contributed by atoms with Gasteiger partial charge < -0.3 is 9.84 Å². The summed E-state index contributed by atoms with van der Waals surface area (Å²) in [6.07, 6.45) is -0.208. The van der Waals surface area contributed by atoms with Crippen LogP contribution in [-0.2, 0) is 0 Å². The van der Waals surface area contributed by atoms with Crippen molar-refractivity contribution in [1.29, 1.82) is 5.26 Å². The van der Waals surface area contributed by atoms with Gasteiger partial charge in [0.15, 0.2) is 6.10 Å². The monoisotopic (exact) mass is 191 g/mol. The van der Waals surface area contributed by atoms with E-state index in [1.54, 1.807) is 24.3 Å². The predicted molar refractivity (Wildman–Crippen MR) is 52.8 cm³/mol. The number of benzene rings is 1. The number of para-hydroxylation sites is 1. The molecule has 0 heterocycles. The molecule has 0 saturated carbocycles. The molecule has 3 nitrogen and oxygen atoms in total. The van der Waals surface area contributed by atoms with E-state index in [9.17, 15) is 5.11 Å². The van der Waals surface area contributed by atoms with Gasteiger partial charge in [-0.25, -0.2) is 0 Å². The molecule has 0 saturated heterocycles. The van der Waals surface area contributed by atoms with Crippen molar-refractivity contribution in [1.82, 2.24) is 0 Å². The molecule has 14 heavy (non-hydrogen) atoms. The third-order valence-corrected chi connectivity index (χ3v) is 1.80. The van der Waals surface area contributed by atoms with Gasteiger partial charge in [0.2, 0.25) is 0 Å². The molecule has 1 N–H and O–H groups in total. The Hall–Kier alpha value is -1.53. The number of hydrogen-bond donors (Lipinski definition) is 1. The Bertz CT molecular complexity index is 330. The molecule has 0 aliphatic rings. The van der Waals surface area contributed by atoms with E-state index in [-0.39, 0.29) is 0 Å². The lowest BCUT2D eigenvalue weighted by molar-refractivity contribution is 0.224. The molecule has 0 aliphatic carbocycles. The molecule has 1 unspecified atom stereocenters. The Labute approximate surface area is 83.6 Å². The topological polar surface area (TPSA) is 53.2 Å². The summed E-state index contributed by atoms with van der Waals surface area (Å²) >= 11 is 0. The van der Waals surface area contributed by atoms with Crippen molar-refractivity contribution in [2.45, 2.75) is 19.4 Å². The van der Waals surface area contributed by atoms with E-state index in [1.807, 2.05) is 13.0 Å². The number of nitrogens with zero attached hydrogens (tertiary/aromatic N) is 1. The molecule has 0 bridgehead atoms. The number of aliphatic hydroxyl groups is 1. The molecule has 1 aromatic rings. The highest BCUT2D eigenvalue weighted by Gasteiger charge is 2.11. The maximum absolute atomic E-state index is 9.37. The number of nitriles is 1. The Morgan fingerprint density at radius 1 is 1.50 bits per heavy atom. The highest BCUT2D eigenvalue weighted by molar-refractivity contribution is 5.37. The zero-order valence-corrected chi connectivity index (χ0v) is 8.10. The second-order valence-corrected chi connectivity index (χ2v) is 2.92. The molecular weight excluding hydrogens is 178 g/mol. The lowest BCUT2D eigenvalue weighted by Gasteiger charge is -2.10. The van der Waals surface area contributed by atoms with Crippen LogP contribution in [0.1, 0.15) is 25.0 Å². The smallest absolute Gasteiger partial charge is 0.169 e. The fourth-order valence-corrected chi connectivity index (χ4v) is 1.12. The summed E-state index contributed by atoms with van der Waals surface area (Å²) in [6.45, 7) is 2.60. The fourth-order valence-electron chi connectivity index (χ4n) is 1.12. The Kier molecular flexibility index (Phi) is 3.96. The van der Waals surface area contributed by atoms with Crippen molar-refractivity contribution in [3.8, 4) is 11.8 Å². The van der Waals surface area contributed by atoms with Crippen molar-refractivity contribution in [2.75, 3.05) is 6.61 Å². The largest absolute Gasteiger partial charge is 0.493 e. The van der Waals surface area contributed by atoms with Crippen LogP contribution in [0.2, 0.25) is 0 Å². The molecule has 0 radical (unpaired) electrons. The first-order chi connectivity index (χ1) is 6.79. The maximum atomic E-state index is 9.37. The van der Waals surface area contributed by atoms with Gasteiger partial charge in [0.05, 0.1) is 12.7 Å². The minimum absolute atomic E-state index is 0.531. The first kappa shape index (κ1) is 10.6. The van der Waals surface area contributed by atoms with Crippen molar-refractivity contribution >= 4 is 0 Å². The van der Waals surface area contributed by atoms with Crippen molar-refractivity contribution in [2.24, 2.45) is 0 Å². The van der Waals surface area contributed by atoms with E-state index in [4.69, 9.17) is 10.00 Å². The molecule has 0 fully saturated rings. The summed E-state index contributed by atoms with van der Waals surface area (Å²) in [7, 11) is 0. The molecule has 1 aromatic carbocycles. The number of ether oxygens (including phenoxy) is 1. The first-order valence-electron chi connectivity index (χ1n) is 4.59. The van der Waals surface area contributed by atoms with E-state index in [0.29, 0.717) is 17.9 Å². The number of rotatable bonds is 4. The van der Waals surface area contributed by atoms with Crippen LogP contribution in [0.25, 0.3) is 0 Å². The molecule has 0 aliphatic heterocycles. The maximum Gasteiger partial charge on any atom is 0.169 e. The van der Waals surface area contributed by atoms with Crippen LogP contribution in [0.3, 0.4) is 0 Å². The molecule has 0 aromatic heterocycles. The number of aliphatic hydroxyl groups excluding tert-OH is 1. The predicted octanol–water partition coefficient (Wildman–Crippen LogP) is 2.03. The molecule has 3 heteroatoms. The van der Waals surface area contributed by atoms with Gasteiger partial charge in [-0.2, -0.15) is 5.26 Å². The zero-order valence-electron chi connectivity index (χ0n) is 8.10. The van der Waals surface area contributed by atoms with Crippen LogP contribution in [0.5, 0.6) is 5.75 Å². The molecule has 1 rings (SSSR count). The average Bonchev–Trinajstić information content (AvgIpc) is 2.25. The van der Waals surface area contributed by atoms with Gasteiger partial charge in [-0.05, 0) is 12.5 Å². The Balaban J connectivity index is 2.86. The van der Waals surface area contributed by atoms with E-state index in [1.165, 1.54) is 0 Å². The van der Waals surface area contributed by atoms with Crippen molar-refractivity contribution in [3.63, 3.8) is 0 Å². The summed E-state index contributed by atoms with van der Waals surface area (Å²) in [5.41, 5.74) is 0.531. The standard InChI is InChI=1S/C11H13NO2/c1-2-7-14-11-6-4-3-5-9(11)10(13)8-12/h3-6,10,13H,2,7H2,1H3. The second-order valence-electron chi connectivity index (χ2n) is 2.92. The quantitative estimate of drug-likeness (QED) is 0.741. The van der Waals surface area contributed by atoms with Crippen molar-refractivity contribution < 1.29 is 9.84 Å². The molecule has 74 valence electrons. The minimum atomic E-state index is -1.11. The Morgan fingerprint density at radius 3 is 2.86 bits per heavy atom. The highest BCUT2D eigenvalue weighted by Crippen LogP contribution is 2.24. The van der Waals surface area contributed by atoms with E-state index < -0.39 is 6.10 Å². The van der Waals surface area contributed by atoms with Crippen LogP contribution in [0, 0.1) is 11.3 Å². The fraction of sp³-hybridized carbons (Fsp3) is 0.364. The van der Waals surface area contributed by atoms with Crippen LogP contribution in [0.15, 0.2) is 24.3 Å². The summed E-state index contributed by atoms with van der Waals surface area (Å²) in [6, 6.07) is 8.81. The van der Waals surface area contributed by atoms with E-state index >= 15 is 0 Å². The van der Waals surface area contributed by atoms with Gasteiger partial charge in [-0.15, -0.1) is 0 Å². The zero-order chi connectivity index (χ0) is 10.4. The second kappa shape index (κ2) is 5.25. The molecule has 0 amide bonds. The Morgan fingerprint density at radius 2 is 2.21 bits per heavy atom. The highest BCUT2D eigenvalue weighted by atomic mass is 16.5. The minimum Gasteiger partial charge on any atom is -0.493 e. The molecular formula is C11H13NO2. The lowest BCUT2D eigenvalue weighted by Crippen LogP contribution is -2.01. The van der Waals surface area contributed by atoms with Crippen LogP contribution in [0.4, 0.5) is 0 Å². The van der Waals surface area contributed by atoms with E-state index in [0.717, 1.165) is 6.42 Å². The van der Waals surface area contributed by atoms with Crippen LogP contribution >= 0.6 is 0 Å². The summed E-state index contributed by atoms with van der Waals surface area (Å²) < 4.78 is 5.40. The van der Waals surface area contributed by atoms with Crippen molar-refractivity contribution in [3.05, 3.63) is 29.8 Å². The van der Waals surface area contributed by atoms with Gasteiger partial charge in [-0.1, -0.05) is 25.1 Å². The van der Waals surface area contributed by atoms with Crippen LogP contribution < -0.4 is 4.74 Å². The SMILES string of the molecule is CCCOc1ccccc1C(O)C#N. The van der Waals surface area contributed by atoms with E-state index in [2.05, 4.69) is 0 Å². The third kappa shape index (κ3) is 2.48. The average molecular weight is 191 g/mol. The normalized spacial score (nSPS) is 11.8. The molecule has 0 spiro atoms.